The van der Waals surface area contributed by atoms with E-state index in [1.165, 1.54) is 23.8 Å². The molecule has 1 aliphatic carbocycles. The number of hydrogen-bond donors (Lipinski definition) is 2. The molecule has 27 heavy (non-hydrogen) atoms. The van der Waals surface area contributed by atoms with Crippen LogP contribution in [0.4, 0.5) is 5.69 Å². The van der Waals surface area contributed by atoms with Crippen LogP contribution in [0, 0.1) is 11.3 Å². The molecule has 0 aliphatic heterocycles. The Labute approximate surface area is 163 Å². The lowest BCUT2D eigenvalue weighted by Crippen LogP contribution is -2.33. The molecule has 8 heteroatoms. The van der Waals surface area contributed by atoms with Crippen molar-refractivity contribution < 1.29 is 13.2 Å². The molecule has 1 amide bonds. The van der Waals surface area contributed by atoms with Gasteiger partial charge in [0.2, 0.25) is 15.9 Å². The van der Waals surface area contributed by atoms with E-state index in [2.05, 4.69) is 10.0 Å². The quantitative estimate of drug-likeness (QED) is 0.801. The van der Waals surface area contributed by atoms with Crippen LogP contribution in [-0.2, 0) is 27.7 Å². The highest BCUT2D eigenvalue weighted by atomic mass is 35.5. The van der Waals surface area contributed by atoms with E-state index >= 15 is 0 Å². The first-order chi connectivity index (χ1) is 12.9. The maximum Gasteiger partial charge on any atom is 0.241 e. The molecule has 2 N–H and O–H groups in total. The maximum atomic E-state index is 12.5. The minimum atomic E-state index is -3.78. The summed E-state index contributed by atoms with van der Waals surface area (Å²) in [7, 11) is -3.78. The number of rotatable bonds is 5. The first kappa shape index (κ1) is 19.4. The maximum absolute atomic E-state index is 12.5. The van der Waals surface area contributed by atoms with Crippen LogP contribution in [0.3, 0.4) is 0 Å². The van der Waals surface area contributed by atoms with Crippen molar-refractivity contribution in [2.24, 2.45) is 0 Å². The summed E-state index contributed by atoms with van der Waals surface area (Å²) in [4.78, 5) is 12.2. The van der Waals surface area contributed by atoms with Crippen LogP contribution >= 0.6 is 11.6 Å². The Morgan fingerprint density at radius 2 is 1.85 bits per heavy atom. The zero-order chi connectivity index (χ0) is 19.4. The third-order valence-corrected chi connectivity index (χ3v) is 6.14. The number of nitrogens with one attached hydrogen (secondary N) is 2. The van der Waals surface area contributed by atoms with Gasteiger partial charge in [-0.05, 0) is 67.1 Å². The Morgan fingerprint density at radius 3 is 2.56 bits per heavy atom. The lowest BCUT2D eigenvalue weighted by molar-refractivity contribution is -0.115. The highest BCUT2D eigenvalue weighted by Gasteiger charge is 2.18. The normalized spacial score (nSPS) is 13.5. The standard InChI is InChI=1S/C19H18ClN3O3S/c20-18-10-16(7-5-15(18)11-21)23-19(24)12-22-27(25,26)17-8-6-13-3-1-2-4-14(13)9-17/h5-10,22H,1-4,12H2,(H,23,24). The van der Waals surface area contributed by atoms with Crippen LogP contribution in [0.5, 0.6) is 0 Å². The van der Waals surface area contributed by atoms with Crippen molar-refractivity contribution in [3.8, 4) is 6.07 Å². The van der Waals surface area contributed by atoms with Crippen LogP contribution < -0.4 is 10.0 Å². The van der Waals surface area contributed by atoms with E-state index in [0.29, 0.717) is 11.3 Å². The zero-order valence-electron chi connectivity index (χ0n) is 14.5. The van der Waals surface area contributed by atoms with Gasteiger partial charge in [0.25, 0.3) is 0 Å². The second kappa shape index (κ2) is 8.09. The molecule has 1 aliphatic rings. The van der Waals surface area contributed by atoms with Crippen molar-refractivity contribution in [1.82, 2.24) is 4.72 Å². The lowest BCUT2D eigenvalue weighted by atomic mass is 9.92. The van der Waals surface area contributed by atoms with Crippen LogP contribution in [0.15, 0.2) is 41.3 Å². The fraction of sp³-hybridized carbons (Fsp3) is 0.263. The van der Waals surface area contributed by atoms with Gasteiger partial charge in [0.1, 0.15) is 6.07 Å². The lowest BCUT2D eigenvalue weighted by Gasteiger charge is -2.16. The van der Waals surface area contributed by atoms with Crippen molar-refractivity contribution >= 4 is 33.2 Å². The van der Waals surface area contributed by atoms with E-state index in [1.54, 1.807) is 12.1 Å². The third kappa shape index (κ3) is 4.66. The predicted octanol–water partition coefficient (Wildman–Crippen LogP) is 3.01. The molecule has 3 rings (SSSR count). The number of benzene rings is 2. The van der Waals surface area contributed by atoms with Crippen molar-refractivity contribution in [2.75, 3.05) is 11.9 Å². The summed E-state index contributed by atoms with van der Waals surface area (Å²) >= 11 is 5.92. The van der Waals surface area contributed by atoms with E-state index in [4.69, 9.17) is 16.9 Å². The van der Waals surface area contributed by atoms with Crippen LogP contribution in [-0.4, -0.2) is 20.9 Å². The number of fused-ring (bicyclic) bond motifs is 1. The van der Waals surface area contributed by atoms with Gasteiger partial charge in [0.15, 0.2) is 0 Å². The number of nitrogens with zero attached hydrogens (tertiary/aromatic N) is 1. The predicted molar refractivity (Wildman–Crippen MR) is 103 cm³/mol. The number of aryl methyl sites for hydroxylation is 2. The van der Waals surface area contributed by atoms with Gasteiger partial charge in [0.05, 0.1) is 22.0 Å². The molecule has 2 aromatic carbocycles. The van der Waals surface area contributed by atoms with Gasteiger partial charge in [0, 0.05) is 5.69 Å². The molecular weight excluding hydrogens is 386 g/mol. The third-order valence-electron chi connectivity index (χ3n) is 4.43. The van der Waals surface area contributed by atoms with Crippen LogP contribution in [0.25, 0.3) is 0 Å². The van der Waals surface area contributed by atoms with E-state index in [0.717, 1.165) is 31.2 Å². The number of sulfonamides is 1. The molecule has 0 atom stereocenters. The highest BCUT2D eigenvalue weighted by molar-refractivity contribution is 7.89. The van der Waals surface area contributed by atoms with E-state index in [1.807, 2.05) is 12.1 Å². The van der Waals surface area contributed by atoms with Gasteiger partial charge in [-0.1, -0.05) is 17.7 Å². The first-order valence-electron chi connectivity index (χ1n) is 8.50. The minimum absolute atomic E-state index is 0.164. The Morgan fingerprint density at radius 1 is 1.11 bits per heavy atom. The molecule has 0 spiro atoms. The number of hydrogen-bond acceptors (Lipinski definition) is 4. The van der Waals surface area contributed by atoms with Gasteiger partial charge in [-0.15, -0.1) is 0 Å². The van der Waals surface area contributed by atoms with E-state index in [-0.39, 0.29) is 9.92 Å². The summed E-state index contributed by atoms with van der Waals surface area (Å²) in [6.07, 6.45) is 4.02. The zero-order valence-corrected chi connectivity index (χ0v) is 16.0. The summed E-state index contributed by atoms with van der Waals surface area (Å²) in [5, 5.41) is 11.6. The van der Waals surface area contributed by atoms with Gasteiger partial charge in [-0.3, -0.25) is 4.79 Å². The van der Waals surface area contributed by atoms with Crippen LogP contribution in [0.1, 0.15) is 29.5 Å². The Balaban J connectivity index is 1.64. The second-order valence-electron chi connectivity index (χ2n) is 6.32. The summed E-state index contributed by atoms with van der Waals surface area (Å²) in [5.74, 6) is -0.530. The number of amides is 1. The molecular formula is C19H18ClN3O3S. The smallest absolute Gasteiger partial charge is 0.241 e. The monoisotopic (exact) mass is 403 g/mol. The molecule has 140 valence electrons. The van der Waals surface area contributed by atoms with Gasteiger partial charge >= 0.3 is 0 Å². The molecule has 0 heterocycles. The fourth-order valence-electron chi connectivity index (χ4n) is 3.01. The number of nitriles is 1. The average Bonchev–Trinajstić information content (AvgIpc) is 2.66. The number of anilines is 1. The first-order valence-corrected chi connectivity index (χ1v) is 10.4. The molecule has 0 radical (unpaired) electrons. The number of halogens is 1. The SMILES string of the molecule is N#Cc1ccc(NC(=O)CNS(=O)(=O)c2ccc3c(c2)CCCC3)cc1Cl. The average molecular weight is 404 g/mol. The molecule has 0 unspecified atom stereocenters. The Kier molecular flexibility index (Phi) is 5.80. The summed E-state index contributed by atoms with van der Waals surface area (Å²) in [6.45, 7) is -0.406. The number of carbonyl (C=O) groups excluding carboxylic acids is 1. The fourth-order valence-corrected chi connectivity index (χ4v) is 4.26. The molecule has 0 fully saturated rings. The van der Waals surface area contributed by atoms with E-state index < -0.39 is 22.5 Å². The summed E-state index contributed by atoms with van der Waals surface area (Å²) in [6, 6.07) is 11.5. The molecule has 0 aromatic heterocycles. The molecule has 0 bridgehead atoms. The van der Waals surface area contributed by atoms with Crippen molar-refractivity contribution in [3.05, 3.63) is 58.1 Å². The molecule has 0 saturated heterocycles. The second-order valence-corrected chi connectivity index (χ2v) is 8.49. The Bertz CT molecular complexity index is 1030. The summed E-state index contributed by atoms with van der Waals surface area (Å²) < 4.78 is 27.2. The minimum Gasteiger partial charge on any atom is -0.325 e. The largest absolute Gasteiger partial charge is 0.325 e. The van der Waals surface area contributed by atoms with Gasteiger partial charge < -0.3 is 5.32 Å². The number of carbonyl (C=O) groups is 1. The Hall–Kier alpha value is -2.40. The summed E-state index contributed by atoms with van der Waals surface area (Å²) in [5.41, 5.74) is 2.93. The van der Waals surface area contributed by atoms with Crippen molar-refractivity contribution in [2.45, 2.75) is 30.6 Å². The topological polar surface area (TPSA) is 99.1 Å². The highest BCUT2D eigenvalue weighted by Crippen LogP contribution is 2.24. The molecule has 0 saturated carbocycles. The van der Waals surface area contributed by atoms with Crippen molar-refractivity contribution in [3.63, 3.8) is 0 Å². The molecule has 6 nitrogen and oxygen atoms in total. The van der Waals surface area contributed by atoms with Gasteiger partial charge in [-0.25, -0.2) is 13.1 Å². The molecule has 2 aromatic rings. The van der Waals surface area contributed by atoms with Crippen LogP contribution in [0.2, 0.25) is 5.02 Å². The van der Waals surface area contributed by atoms with Crippen molar-refractivity contribution in [1.29, 1.82) is 5.26 Å². The van der Waals surface area contributed by atoms with E-state index in [9.17, 15) is 13.2 Å². The van der Waals surface area contributed by atoms with Gasteiger partial charge in [-0.2, -0.15) is 5.26 Å².